The van der Waals surface area contributed by atoms with Gasteiger partial charge in [0.2, 0.25) is 0 Å². The first kappa shape index (κ1) is 12.8. The predicted octanol–water partition coefficient (Wildman–Crippen LogP) is 2.09. The van der Waals surface area contributed by atoms with E-state index in [1.165, 1.54) is 0 Å². The average molecular weight is 256 g/mol. The van der Waals surface area contributed by atoms with Crippen LogP contribution in [0.1, 0.15) is 6.42 Å². The Morgan fingerprint density at radius 2 is 1.87 bits per heavy atom. The normalized spacial score (nSPS) is 33.3. The van der Waals surface area contributed by atoms with Gasteiger partial charge in [0, 0.05) is 6.42 Å². The molecule has 1 heterocycles. The maximum Gasteiger partial charge on any atom is 0.472 e. The van der Waals surface area contributed by atoms with E-state index >= 15 is 0 Å². The molecule has 1 aliphatic rings. The Kier molecular flexibility index (Phi) is 3.13. The molecule has 0 saturated carbocycles. The maximum atomic E-state index is 12.4. The highest BCUT2D eigenvalue weighted by atomic mass is 31.2. The zero-order valence-corrected chi connectivity index (χ0v) is 7.89. The fraction of sp³-hybridized carbons (Fsp3) is 1.00. The van der Waals surface area contributed by atoms with Gasteiger partial charge in [-0.1, -0.05) is 0 Å². The van der Waals surface area contributed by atoms with Crippen LogP contribution in [0.25, 0.3) is 0 Å². The van der Waals surface area contributed by atoms with Gasteiger partial charge in [-0.05, 0) is 0 Å². The fourth-order valence-corrected chi connectivity index (χ4v) is 1.85. The van der Waals surface area contributed by atoms with Gasteiger partial charge in [0.25, 0.3) is 0 Å². The first-order chi connectivity index (χ1) is 6.54. The minimum atomic E-state index is -5.71. The van der Waals surface area contributed by atoms with Gasteiger partial charge in [-0.2, -0.15) is 22.0 Å². The lowest BCUT2D eigenvalue weighted by Crippen LogP contribution is -2.39. The van der Waals surface area contributed by atoms with E-state index in [9.17, 15) is 26.5 Å². The highest BCUT2D eigenvalue weighted by Crippen LogP contribution is 2.52. The second-order valence-electron chi connectivity index (χ2n) is 2.90. The first-order valence-corrected chi connectivity index (χ1v) is 5.13. The smallest absolute Gasteiger partial charge is 0.302 e. The van der Waals surface area contributed by atoms with Crippen LogP contribution < -0.4 is 0 Å². The zero-order valence-electron chi connectivity index (χ0n) is 7.00. The molecule has 0 amide bonds. The number of rotatable bonds is 2. The number of halogens is 5. The molecule has 0 spiro atoms. The Morgan fingerprint density at radius 1 is 1.33 bits per heavy atom. The summed E-state index contributed by atoms with van der Waals surface area (Å²) in [5, 5.41) is 0. The van der Waals surface area contributed by atoms with E-state index in [0.29, 0.717) is 0 Å². The molecule has 0 aromatic rings. The molecule has 1 rings (SSSR count). The molecule has 1 aliphatic heterocycles. The number of alkyl halides is 5. The number of hydrogen-bond donors (Lipinski definition) is 1. The molecule has 0 aromatic carbocycles. The number of hydrogen-bond acceptors (Lipinski definition) is 3. The Labute approximate surface area is 80.6 Å². The summed E-state index contributed by atoms with van der Waals surface area (Å²) in [7, 11) is -4.44. The first-order valence-electron chi connectivity index (χ1n) is 3.64. The summed E-state index contributed by atoms with van der Waals surface area (Å²) >= 11 is 0. The Hall–Kier alpha value is -0.240. The second kappa shape index (κ2) is 3.65. The van der Waals surface area contributed by atoms with Crippen molar-refractivity contribution in [1.29, 1.82) is 0 Å². The van der Waals surface area contributed by atoms with Crippen LogP contribution in [0, 0.1) is 0 Å². The summed E-state index contributed by atoms with van der Waals surface area (Å²) < 4.78 is 78.4. The van der Waals surface area contributed by atoms with Crippen LogP contribution in [0.15, 0.2) is 0 Å². The van der Waals surface area contributed by atoms with E-state index in [1.807, 2.05) is 0 Å². The van der Waals surface area contributed by atoms with E-state index in [2.05, 4.69) is 9.05 Å². The summed E-state index contributed by atoms with van der Waals surface area (Å²) in [6.07, 6.45) is -9.18. The SMILES string of the molecule is O=P1(O)OCC(CC(F)(F)C(F)(F)F)O1. The summed E-state index contributed by atoms with van der Waals surface area (Å²) in [6.45, 7) is -0.764. The van der Waals surface area contributed by atoms with Crippen molar-refractivity contribution in [3.8, 4) is 0 Å². The Bertz CT molecular complexity index is 290. The molecule has 0 bridgehead atoms. The standard InChI is InChI=1S/C5H6F5O4P/c6-4(7,5(8,9)10)1-3-2-13-15(11,12)14-3/h3H,1-2H2,(H,11,12). The largest absolute Gasteiger partial charge is 0.472 e. The van der Waals surface area contributed by atoms with E-state index in [0.717, 1.165) is 0 Å². The maximum absolute atomic E-state index is 12.4. The van der Waals surface area contributed by atoms with E-state index in [-0.39, 0.29) is 0 Å². The molecular formula is C5H6F5O4P. The molecule has 0 aromatic heterocycles. The molecule has 10 heteroatoms. The lowest BCUT2D eigenvalue weighted by molar-refractivity contribution is -0.288. The van der Waals surface area contributed by atoms with Crippen molar-refractivity contribution >= 4 is 7.82 Å². The molecule has 0 aliphatic carbocycles. The number of phosphoric acid groups is 1. The number of phosphoric ester groups is 1. The molecule has 4 nitrogen and oxygen atoms in total. The van der Waals surface area contributed by atoms with Crippen molar-refractivity contribution in [1.82, 2.24) is 0 Å². The van der Waals surface area contributed by atoms with Crippen molar-refractivity contribution in [3.05, 3.63) is 0 Å². The van der Waals surface area contributed by atoms with Gasteiger partial charge in [0.05, 0.1) is 12.7 Å². The molecule has 90 valence electrons. The van der Waals surface area contributed by atoms with Crippen LogP contribution in [-0.4, -0.2) is 29.7 Å². The molecule has 1 N–H and O–H groups in total. The third-order valence-corrected chi connectivity index (χ3v) is 2.64. The van der Waals surface area contributed by atoms with E-state index < -0.39 is 39.1 Å². The van der Waals surface area contributed by atoms with Crippen LogP contribution in [0.3, 0.4) is 0 Å². The van der Waals surface area contributed by atoms with Gasteiger partial charge in [0.15, 0.2) is 0 Å². The molecule has 0 radical (unpaired) electrons. The molecule has 1 fully saturated rings. The van der Waals surface area contributed by atoms with Crippen molar-refractivity contribution in [3.63, 3.8) is 0 Å². The van der Waals surface area contributed by atoms with Gasteiger partial charge in [0.1, 0.15) is 0 Å². The lowest BCUT2D eigenvalue weighted by Gasteiger charge is -2.21. The molecular weight excluding hydrogens is 250 g/mol. The van der Waals surface area contributed by atoms with Gasteiger partial charge in [-0.3, -0.25) is 9.05 Å². The summed E-state index contributed by atoms with van der Waals surface area (Å²) in [5.41, 5.74) is 0. The third-order valence-electron chi connectivity index (χ3n) is 1.60. The van der Waals surface area contributed by atoms with E-state index in [4.69, 9.17) is 4.89 Å². The lowest BCUT2D eigenvalue weighted by atomic mass is 10.1. The molecule has 2 atom stereocenters. The predicted molar refractivity (Wildman–Crippen MR) is 36.3 cm³/mol. The van der Waals surface area contributed by atoms with Crippen molar-refractivity contribution in [2.75, 3.05) is 6.61 Å². The Morgan fingerprint density at radius 3 is 2.20 bits per heavy atom. The topological polar surface area (TPSA) is 55.8 Å². The monoisotopic (exact) mass is 256 g/mol. The van der Waals surface area contributed by atoms with Crippen LogP contribution in [0.2, 0.25) is 0 Å². The third kappa shape index (κ3) is 3.10. The Balaban J connectivity index is 2.61. The molecule has 15 heavy (non-hydrogen) atoms. The summed E-state index contributed by atoms with van der Waals surface area (Å²) in [4.78, 5) is 8.55. The van der Waals surface area contributed by atoms with Crippen LogP contribution in [-0.2, 0) is 13.6 Å². The van der Waals surface area contributed by atoms with E-state index in [1.54, 1.807) is 0 Å². The average Bonchev–Trinajstić information content (AvgIpc) is 2.26. The van der Waals surface area contributed by atoms with Gasteiger partial charge >= 0.3 is 19.9 Å². The highest BCUT2D eigenvalue weighted by Gasteiger charge is 2.59. The van der Waals surface area contributed by atoms with Gasteiger partial charge in [-0.25, -0.2) is 4.57 Å². The fourth-order valence-electron chi connectivity index (χ4n) is 0.924. The van der Waals surface area contributed by atoms with Crippen molar-refractivity contribution in [2.45, 2.75) is 24.6 Å². The minimum Gasteiger partial charge on any atom is -0.302 e. The second-order valence-corrected chi connectivity index (χ2v) is 4.30. The van der Waals surface area contributed by atoms with Crippen LogP contribution in [0.5, 0.6) is 0 Å². The highest BCUT2D eigenvalue weighted by molar-refractivity contribution is 7.47. The summed E-state index contributed by atoms with van der Waals surface area (Å²) in [5.74, 6) is -4.97. The minimum absolute atomic E-state index is 0.764. The van der Waals surface area contributed by atoms with Crippen molar-refractivity contribution in [2.24, 2.45) is 0 Å². The zero-order chi connectivity index (χ0) is 11.9. The van der Waals surface area contributed by atoms with Gasteiger partial charge in [-0.15, -0.1) is 0 Å². The van der Waals surface area contributed by atoms with Crippen LogP contribution in [0.4, 0.5) is 22.0 Å². The molecule has 1 saturated heterocycles. The molecule has 2 unspecified atom stereocenters. The van der Waals surface area contributed by atoms with Crippen molar-refractivity contribution < 1.29 is 40.5 Å². The van der Waals surface area contributed by atoms with Crippen LogP contribution >= 0.6 is 7.82 Å². The van der Waals surface area contributed by atoms with Gasteiger partial charge < -0.3 is 4.89 Å². The quantitative estimate of drug-likeness (QED) is 0.607. The summed E-state index contributed by atoms with van der Waals surface area (Å²) in [6, 6.07) is 0.